The first-order chi connectivity index (χ1) is 18.4. The lowest BCUT2D eigenvalue weighted by molar-refractivity contribution is 0.0123. The molecule has 2 aliphatic rings. The number of hydrogen-bond donors (Lipinski definition) is 2. The molecule has 3 N–H and O–H groups in total. The number of halogens is 2. The zero-order valence-electron chi connectivity index (χ0n) is 22.4. The van der Waals surface area contributed by atoms with Gasteiger partial charge in [0.15, 0.2) is 0 Å². The number of aryl methyl sites for hydroxylation is 1. The molecule has 0 spiro atoms. The summed E-state index contributed by atoms with van der Waals surface area (Å²) in [5.74, 6) is -1.50. The van der Waals surface area contributed by atoms with Crippen molar-refractivity contribution >= 4 is 45.1 Å². The number of thiophene rings is 1. The number of benzene rings is 1. The lowest BCUT2D eigenvalue weighted by Crippen LogP contribution is -2.57. The maximum absolute atomic E-state index is 15.2. The van der Waals surface area contributed by atoms with Crippen molar-refractivity contribution in [3.8, 4) is 0 Å². The van der Waals surface area contributed by atoms with E-state index in [1.807, 2.05) is 20.8 Å². The Morgan fingerprint density at radius 1 is 1.18 bits per heavy atom. The minimum absolute atomic E-state index is 0.0980. The van der Waals surface area contributed by atoms with Crippen molar-refractivity contribution in [2.24, 2.45) is 0 Å². The molecule has 5 rings (SSSR count). The Morgan fingerprint density at radius 3 is 2.54 bits per heavy atom. The number of hydrogen-bond acceptors (Lipinski definition) is 8. The van der Waals surface area contributed by atoms with Crippen LogP contribution < -0.4 is 16.0 Å². The van der Waals surface area contributed by atoms with Crippen molar-refractivity contribution in [1.29, 1.82) is 0 Å². The molecular formula is C27H32F2N6O3S. The van der Waals surface area contributed by atoms with Crippen LogP contribution in [0, 0.1) is 18.6 Å². The van der Waals surface area contributed by atoms with Gasteiger partial charge in [-0.1, -0.05) is 0 Å². The number of nitrogens with zero attached hydrogens (tertiary/aromatic N) is 4. The van der Waals surface area contributed by atoms with Crippen LogP contribution in [0.1, 0.15) is 54.5 Å². The third kappa shape index (κ3) is 5.47. The smallest absolute Gasteiger partial charge is 0.410 e. The maximum Gasteiger partial charge on any atom is 0.410 e. The van der Waals surface area contributed by atoms with Gasteiger partial charge in [-0.2, -0.15) is 0 Å². The molecule has 2 bridgehead atoms. The molecule has 4 heterocycles. The van der Waals surface area contributed by atoms with Crippen LogP contribution in [0.15, 0.2) is 18.3 Å². The summed E-state index contributed by atoms with van der Waals surface area (Å²) < 4.78 is 35.8. The van der Waals surface area contributed by atoms with Crippen molar-refractivity contribution in [2.45, 2.75) is 64.6 Å². The van der Waals surface area contributed by atoms with E-state index < -0.39 is 23.1 Å². The van der Waals surface area contributed by atoms with Crippen molar-refractivity contribution in [3.05, 3.63) is 46.1 Å². The van der Waals surface area contributed by atoms with Gasteiger partial charge in [0.25, 0.3) is 5.91 Å². The first-order valence-electron chi connectivity index (χ1n) is 12.9. The van der Waals surface area contributed by atoms with Crippen molar-refractivity contribution in [2.75, 3.05) is 30.3 Å². The van der Waals surface area contributed by atoms with Gasteiger partial charge in [0, 0.05) is 31.9 Å². The topological polar surface area (TPSA) is 114 Å². The first-order valence-corrected chi connectivity index (χ1v) is 13.8. The van der Waals surface area contributed by atoms with Gasteiger partial charge in [0.2, 0.25) is 0 Å². The molecule has 2 atom stereocenters. The maximum atomic E-state index is 15.2. The number of fused-ring (bicyclic) bond motifs is 3. The summed E-state index contributed by atoms with van der Waals surface area (Å²) in [6.07, 6.45) is 2.90. The van der Waals surface area contributed by atoms with Crippen LogP contribution >= 0.6 is 11.3 Å². The summed E-state index contributed by atoms with van der Waals surface area (Å²) in [6, 6.07) is 2.15. The molecule has 1 aromatic carbocycles. The van der Waals surface area contributed by atoms with E-state index >= 15 is 8.78 Å². The third-order valence-corrected chi connectivity index (χ3v) is 8.08. The van der Waals surface area contributed by atoms with Gasteiger partial charge in [0.05, 0.1) is 29.2 Å². The highest BCUT2D eigenvalue weighted by molar-refractivity contribution is 7.21. The fraction of sp³-hybridized carbons (Fsp3) is 0.481. The van der Waals surface area contributed by atoms with Crippen LogP contribution in [-0.2, 0) is 11.2 Å². The summed E-state index contributed by atoms with van der Waals surface area (Å²) >= 11 is 1.14. The molecule has 2 fully saturated rings. The van der Waals surface area contributed by atoms with Gasteiger partial charge in [-0.05, 0) is 58.6 Å². The molecule has 39 heavy (non-hydrogen) atoms. The van der Waals surface area contributed by atoms with E-state index in [4.69, 9.17) is 10.5 Å². The Hall–Kier alpha value is -3.54. The van der Waals surface area contributed by atoms with Gasteiger partial charge in [-0.3, -0.25) is 9.69 Å². The number of anilines is 2. The molecule has 0 radical (unpaired) electrons. The van der Waals surface area contributed by atoms with Crippen LogP contribution in [0.5, 0.6) is 0 Å². The predicted molar refractivity (Wildman–Crippen MR) is 146 cm³/mol. The molecule has 0 saturated carbocycles. The molecule has 2 aromatic heterocycles. The van der Waals surface area contributed by atoms with Gasteiger partial charge in [-0.15, -0.1) is 11.3 Å². The average Bonchev–Trinajstić information content (AvgIpc) is 3.32. The van der Waals surface area contributed by atoms with E-state index in [0.29, 0.717) is 29.1 Å². The van der Waals surface area contributed by atoms with E-state index in [-0.39, 0.29) is 53.0 Å². The minimum atomic E-state index is -0.601. The summed E-state index contributed by atoms with van der Waals surface area (Å²) in [6.45, 7) is 8.18. The predicted octanol–water partition coefficient (Wildman–Crippen LogP) is 4.42. The summed E-state index contributed by atoms with van der Waals surface area (Å²) in [5, 5.41) is 2.73. The number of carbonyl (C=O) groups is 2. The van der Waals surface area contributed by atoms with E-state index in [9.17, 15) is 9.59 Å². The highest BCUT2D eigenvalue weighted by Gasteiger charge is 2.44. The standard InChI is InChI=1S/C27H32F2N6O3S/c1-14-11-32-22-21(30)23(39-25(22)33-14)24(36)31-8-7-15-9-19(29)20(10-18(15)28)34-12-16-5-6-17(13-34)35(16)26(37)38-27(2,3)4/h9-11,16-17H,5-8,12-13,30H2,1-4H3,(H,31,36). The second-order valence-corrected chi connectivity index (χ2v) is 12.1. The van der Waals surface area contributed by atoms with Crippen LogP contribution in [0.25, 0.3) is 10.3 Å². The van der Waals surface area contributed by atoms with E-state index in [0.717, 1.165) is 24.2 Å². The Bertz CT molecular complexity index is 1430. The minimum Gasteiger partial charge on any atom is -0.444 e. The third-order valence-electron chi connectivity index (χ3n) is 6.99. The average molecular weight is 559 g/mol. The molecule has 3 aromatic rings. The van der Waals surface area contributed by atoms with Gasteiger partial charge >= 0.3 is 6.09 Å². The fourth-order valence-electron chi connectivity index (χ4n) is 5.25. The second kappa shape index (κ2) is 10.2. The van der Waals surface area contributed by atoms with Gasteiger partial charge in [-0.25, -0.2) is 23.5 Å². The number of nitrogen functional groups attached to an aromatic ring is 1. The monoisotopic (exact) mass is 558 g/mol. The number of carbonyl (C=O) groups excluding carboxylic acids is 2. The van der Waals surface area contributed by atoms with Crippen LogP contribution in [0.3, 0.4) is 0 Å². The Morgan fingerprint density at radius 2 is 1.87 bits per heavy atom. The number of amides is 2. The van der Waals surface area contributed by atoms with E-state index in [1.54, 1.807) is 22.9 Å². The molecule has 9 nitrogen and oxygen atoms in total. The molecule has 2 aliphatic heterocycles. The van der Waals surface area contributed by atoms with E-state index in [2.05, 4.69) is 15.3 Å². The number of rotatable bonds is 5. The zero-order valence-corrected chi connectivity index (χ0v) is 23.2. The largest absolute Gasteiger partial charge is 0.444 e. The molecule has 2 saturated heterocycles. The van der Waals surface area contributed by atoms with Crippen LogP contribution in [-0.4, -0.2) is 64.2 Å². The lowest BCUT2D eigenvalue weighted by atomic mass is 10.1. The van der Waals surface area contributed by atoms with Crippen LogP contribution in [0.4, 0.5) is 25.0 Å². The summed E-state index contributed by atoms with van der Waals surface area (Å²) in [7, 11) is 0. The summed E-state index contributed by atoms with van der Waals surface area (Å²) in [5.41, 5.74) is 7.26. The quantitative estimate of drug-likeness (QED) is 0.477. The van der Waals surface area contributed by atoms with Gasteiger partial charge < -0.3 is 20.7 Å². The highest BCUT2D eigenvalue weighted by Crippen LogP contribution is 2.35. The van der Waals surface area contributed by atoms with Crippen molar-refractivity contribution in [1.82, 2.24) is 20.2 Å². The molecular weight excluding hydrogens is 526 g/mol. The number of piperazine rings is 1. The lowest BCUT2D eigenvalue weighted by Gasteiger charge is -2.42. The highest BCUT2D eigenvalue weighted by atomic mass is 32.1. The SMILES string of the molecule is Cc1cnc2c(N)c(C(=O)NCCc3cc(F)c(N4CC5CCC(C4)N5C(=O)OC(C)(C)C)cc3F)sc2n1. The Balaban J connectivity index is 1.22. The molecule has 12 heteroatoms. The van der Waals surface area contributed by atoms with Crippen molar-refractivity contribution in [3.63, 3.8) is 0 Å². The number of nitrogens with two attached hydrogens (primary N) is 1. The fourth-order valence-corrected chi connectivity index (χ4v) is 6.27. The first kappa shape index (κ1) is 27.0. The molecule has 2 amide bonds. The molecule has 0 aliphatic carbocycles. The summed E-state index contributed by atoms with van der Waals surface area (Å²) in [4.78, 5) is 38.4. The Labute approximate surface area is 229 Å². The van der Waals surface area contributed by atoms with Crippen LogP contribution in [0.2, 0.25) is 0 Å². The van der Waals surface area contributed by atoms with Crippen molar-refractivity contribution < 1.29 is 23.1 Å². The second-order valence-electron chi connectivity index (χ2n) is 11.1. The Kier molecular flexibility index (Phi) is 7.08. The van der Waals surface area contributed by atoms with E-state index in [1.165, 1.54) is 12.1 Å². The molecule has 208 valence electrons. The zero-order chi connectivity index (χ0) is 28.1. The molecule has 2 unspecified atom stereocenters. The number of ether oxygens (including phenoxy) is 1. The van der Waals surface area contributed by atoms with Gasteiger partial charge in [0.1, 0.15) is 32.5 Å². The number of aromatic nitrogens is 2. The normalized spacial score (nSPS) is 19.0. The number of nitrogens with one attached hydrogen (secondary N) is 1.